The number of alkyl halides is 1. The fourth-order valence-corrected chi connectivity index (χ4v) is 3.23. The molecule has 1 aliphatic carbocycles. The third-order valence-corrected chi connectivity index (χ3v) is 4.51. The summed E-state index contributed by atoms with van der Waals surface area (Å²) >= 11 is 0. The first-order chi connectivity index (χ1) is 8.47. The normalized spacial score (nSPS) is 25.0. The molecule has 0 N–H and O–H groups in total. The Bertz CT molecular complexity index is 495. The molecule has 0 amide bonds. The van der Waals surface area contributed by atoms with Crippen LogP contribution in [0.15, 0.2) is 29.2 Å². The van der Waals surface area contributed by atoms with Crippen LogP contribution < -0.4 is 0 Å². The highest BCUT2D eigenvalue weighted by Gasteiger charge is 2.27. The van der Waals surface area contributed by atoms with Gasteiger partial charge in [0.15, 0.2) is 0 Å². The summed E-state index contributed by atoms with van der Waals surface area (Å²) in [6, 6.07) is 6.46. The maximum atomic E-state index is 13.2. The van der Waals surface area contributed by atoms with Crippen molar-refractivity contribution in [2.24, 2.45) is 0 Å². The molecule has 1 fully saturated rings. The SMILES string of the molecule is Cc1ccc(S(=O)(=O)OC2CCCC(F)C2)cc1. The summed E-state index contributed by atoms with van der Waals surface area (Å²) in [6.07, 6.45) is 0.480. The van der Waals surface area contributed by atoms with Crippen LogP contribution in [0.5, 0.6) is 0 Å². The number of hydrogen-bond acceptors (Lipinski definition) is 3. The summed E-state index contributed by atoms with van der Waals surface area (Å²) in [5.74, 6) is 0. The van der Waals surface area contributed by atoms with E-state index in [1.807, 2.05) is 6.92 Å². The van der Waals surface area contributed by atoms with E-state index in [1.54, 1.807) is 12.1 Å². The number of rotatable bonds is 3. The first-order valence-corrected chi connectivity index (χ1v) is 7.52. The van der Waals surface area contributed by atoms with Gasteiger partial charge in [-0.2, -0.15) is 8.42 Å². The van der Waals surface area contributed by atoms with Crippen molar-refractivity contribution in [1.82, 2.24) is 0 Å². The first-order valence-electron chi connectivity index (χ1n) is 6.11. The van der Waals surface area contributed by atoms with Gasteiger partial charge in [-0.1, -0.05) is 17.7 Å². The summed E-state index contributed by atoms with van der Waals surface area (Å²) in [5.41, 5.74) is 0.982. The van der Waals surface area contributed by atoms with Gasteiger partial charge in [0.05, 0.1) is 11.0 Å². The molecule has 1 aliphatic rings. The van der Waals surface area contributed by atoms with Gasteiger partial charge in [-0.05, 0) is 38.3 Å². The van der Waals surface area contributed by atoms with Crippen molar-refractivity contribution in [2.75, 3.05) is 0 Å². The van der Waals surface area contributed by atoms with Gasteiger partial charge in [0, 0.05) is 6.42 Å². The Hall–Kier alpha value is -0.940. The Morgan fingerprint density at radius 3 is 2.50 bits per heavy atom. The molecule has 0 aromatic heterocycles. The van der Waals surface area contributed by atoms with Crippen molar-refractivity contribution in [1.29, 1.82) is 0 Å². The standard InChI is InChI=1S/C13H17FO3S/c1-10-5-7-13(8-6-10)18(15,16)17-12-4-2-3-11(14)9-12/h5-8,11-12H,2-4,9H2,1H3. The molecule has 0 radical (unpaired) electrons. The second-order valence-electron chi connectivity index (χ2n) is 4.75. The average Bonchev–Trinajstić information content (AvgIpc) is 2.29. The molecule has 18 heavy (non-hydrogen) atoms. The molecule has 5 heteroatoms. The van der Waals surface area contributed by atoms with Crippen molar-refractivity contribution >= 4 is 10.1 Å². The fourth-order valence-electron chi connectivity index (χ4n) is 2.12. The highest BCUT2D eigenvalue weighted by atomic mass is 32.2. The van der Waals surface area contributed by atoms with E-state index in [2.05, 4.69) is 0 Å². The molecule has 100 valence electrons. The Balaban J connectivity index is 2.09. The van der Waals surface area contributed by atoms with Crippen LogP contribution in [-0.2, 0) is 14.3 Å². The maximum Gasteiger partial charge on any atom is 0.297 e. The summed E-state index contributed by atoms with van der Waals surface area (Å²) in [6.45, 7) is 1.88. The van der Waals surface area contributed by atoms with Crippen LogP contribution in [0.25, 0.3) is 0 Å². The Morgan fingerprint density at radius 1 is 1.22 bits per heavy atom. The van der Waals surface area contributed by atoms with E-state index in [0.717, 1.165) is 5.56 Å². The highest BCUT2D eigenvalue weighted by Crippen LogP contribution is 2.26. The van der Waals surface area contributed by atoms with E-state index < -0.39 is 22.4 Å². The molecule has 1 aromatic carbocycles. The van der Waals surface area contributed by atoms with Crippen LogP contribution in [0.3, 0.4) is 0 Å². The molecule has 2 atom stereocenters. The van der Waals surface area contributed by atoms with Gasteiger partial charge in [-0.15, -0.1) is 0 Å². The van der Waals surface area contributed by atoms with Gasteiger partial charge in [0.2, 0.25) is 0 Å². The van der Waals surface area contributed by atoms with E-state index in [-0.39, 0.29) is 11.3 Å². The second-order valence-corrected chi connectivity index (χ2v) is 6.32. The van der Waals surface area contributed by atoms with E-state index in [4.69, 9.17) is 4.18 Å². The van der Waals surface area contributed by atoms with Crippen LogP contribution in [0.1, 0.15) is 31.2 Å². The van der Waals surface area contributed by atoms with Crippen molar-refractivity contribution < 1.29 is 17.0 Å². The molecule has 1 aromatic rings. The quantitative estimate of drug-likeness (QED) is 0.794. The number of aryl methyl sites for hydroxylation is 1. The first kappa shape index (κ1) is 13.5. The third kappa shape index (κ3) is 3.29. The van der Waals surface area contributed by atoms with Crippen LogP contribution in [0.4, 0.5) is 4.39 Å². The highest BCUT2D eigenvalue weighted by molar-refractivity contribution is 7.86. The van der Waals surface area contributed by atoms with Crippen molar-refractivity contribution in [3.8, 4) is 0 Å². The van der Waals surface area contributed by atoms with Gasteiger partial charge in [0.1, 0.15) is 6.17 Å². The van der Waals surface area contributed by atoms with Crippen molar-refractivity contribution in [3.63, 3.8) is 0 Å². The largest absolute Gasteiger partial charge is 0.297 e. The zero-order valence-corrected chi connectivity index (χ0v) is 11.1. The Morgan fingerprint density at radius 2 is 1.89 bits per heavy atom. The average molecular weight is 272 g/mol. The molecule has 0 bridgehead atoms. The summed E-state index contributed by atoms with van der Waals surface area (Å²) < 4.78 is 42.2. The zero-order valence-electron chi connectivity index (χ0n) is 10.3. The van der Waals surface area contributed by atoms with Gasteiger partial charge < -0.3 is 0 Å². The van der Waals surface area contributed by atoms with Gasteiger partial charge in [-0.25, -0.2) is 4.39 Å². The predicted molar refractivity (Wildman–Crippen MR) is 66.6 cm³/mol. The summed E-state index contributed by atoms with van der Waals surface area (Å²) in [5, 5.41) is 0. The predicted octanol–water partition coefficient (Wildman–Crippen LogP) is 2.98. The molecule has 0 spiro atoms. The summed E-state index contributed by atoms with van der Waals surface area (Å²) in [4.78, 5) is 0.133. The third-order valence-electron chi connectivity index (χ3n) is 3.13. The molecule has 0 aliphatic heterocycles. The van der Waals surface area contributed by atoms with Gasteiger partial charge in [-0.3, -0.25) is 4.18 Å². The van der Waals surface area contributed by atoms with E-state index in [1.165, 1.54) is 12.1 Å². The van der Waals surface area contributed by atoms with Gasteiger partial charge in [0.25, 0.3) is 10.1 Å². The minimum atomic E-state index is -3.77. The molecular formula is C13H17FO3S. The van der Waals surface area contributed by atoms with Crippen molar-refractivity contribution in [3.05, 3.63) is 29.8 Å². The monoisotopic (exact) mass is 272 g/mol. The van der Waals surface area contributed by atoms with Crippen LogP contribution in [-0.4, -0.2) is 20.7 Å². The smallest absolute Gasteiger partial charge is 0.263 e. The molecule has 3 nitrogen and oxygen atoms in total. The van der Waals surface area contributed by atoms with Crippen LogP contribution in [0.2, 0.25) is 0 Å². The molecule has 2 rings (SSSR count). The molecule has 0 heterocycles. The van der Waals surface area contributed by atoms with E-state index in [0.29, 0.717) is 19.3 Å². The molecule has 2 unspecified atom stereocenters. The van der Waals surface area contributed by atoms with Crippen LogP contribution in [0, 0.1) is 6.92 Å². The van der Waals surface area contributed by atoms with E-state index >= 15 is 0 Å². The Labute approximate surface area is 107 Å². The van der Waals surface area contributed by atoms with Crippen LogP contribution >= 0.6 is 0 Å². The zero-order chi connectivity index (χ0) is 13.2. The minimum absolute atomic E-state index is 0.133. The number of hydrogen-bond donors (Lipinski definition) is 0. The topological polar surface area (TPSA) is 43.4 Å². The van der Waals surface area contributed by atoms with Crippen molar-refractivity contribution in [2.45, 2.75) is 49.8 Å². The minimum Gasteiger partial charge on any atom is -0.263 e. The molecular weight excluding hydrogens is 255 g/mol. The van der Waals surface area contributed by atoms with E-state index in [9.17, 15) is 12.8 Å². The lowest BCUT2D eigenvalue weighted by Crippen LogP contribution is -2.26. The second kappa shape index (κ2) is 5.36. The number of benzene rings is 1. The number of halogens is 1. The van der Waals surface area contributed by atoms with Gasteiger partial charge >= 0.3 is 0 Å². The maximum absolute atomic E-state index is 13.2. The molecule has 1 saturated carbocycles. The molecule has 0 saturated heterocycles. The lowest BCUT2D eigenvalue weighted by Gasteiger charge is -2.24. The fraction of sp³-hybridized carbons (Fsp3) is 0.538. The lowest BCUT2D eigenvalue weighted by atomic mass is 9.96. The Kier molecular flexibility index (Phi) is 4.02. The summed E-state index contributed by atoms with van der Waals surface area (Å²) in [7, 11) is -3.77. The lowest BCUT2D eigenvalue weighted by molar-refractivity contribution is 0.108.